The van der Waals surface area contributed by atoms with Crippen molar-refractivity contribution < 1.29 is 17.2 Å². The SMILES string of the molecule is Cc1cc(S(=O)(=O)Nc2cc(F)cc(F)c2)cc(N)c1Cl. The highest BCUT2D eigenvalue weighted by atomic mass is 35.5. The van der Waals surface area contributed by atoms with Crippen LogP contribution in [0.2, 0.25) is 5.02 Å². The third kappa shape index (κ3) is 3.43. The van der Waals surface area contributed by atoms with Crippen molar-refractivity contribution in [3.8, 4) is 0 Å². The molecule has 0 atom stereocenters. The maximum atomic E-state index is 13.1. The lowest BCUT2D eigenvalue weighted by Gasteiger charge is -2.11. The predicted octanol–water partition coefficient (Wildman–Crippen LogP) is 3.31. The summed E-state index contributed by atoms with van der Waals surface area (Å²) in [5.41, 5.74) is 5.97. The van der Waals surface area contributed by atoms with Crippen molar-refractivity contribution in [1.82, 2.24) is 0 Å². The Morgan fingerprint density at radius 1 is 1.10 bits per heavy atom. The summed E-state index contributed by atoms with van der Waals surface area (Å²) >= 11 is 5.86. The van der Waals surface area contributed by atoms with Crippen LogP contribution in [0.1, 0.15) is 5.56 Å². The van der Waals surface area contributed by atoms with E-state index >= 15 is 0 Å². The topological polar surface area (TPSA) is 72.2 Å². The van der Waals surface area contributed by atoms with E-state index in [1.807, 2.05) is 0 Å². The van der Waals surface area contributed by atoms with Crippen molar-refractivity contribution in [2.24, 2.45) is 0 Å². The summed E-state index contributed by atoms with van der Waals surface area (Å²) < 4.78 is 52.6. The molecule has 21 heavy (non-hydrogen) atoms. The molecule has 0 saturated heterocycles. The normalized spacial score (nSPS) is 11.4. The Labute approximate surface area is 125 Å². The van der Waals surface area contributed by atoms with E-state index in [0.29, 0.717) is 11.6 Å². The number of nitrogens with two attached hydrogens (primary N) is 1. The number of nitrogen functional groups attached to an aromatic ring is 1. The van der Waals surface area contributed by atoms with Gasteiger partial charge in [-0.05, 0) is 36.8 Å². The molecular formula is C13H11ClF2N2O2S. The Bertz CT molecular complexity index is 767. The second kappa shape index (κ2) is 5.50. The van der Waals surface area contributed by atoms with Gasteiger partial charge in [0.1, 0.15) is 11.6 Å². The Morgan fingerprint density at radius 2 is 1.67 bits per heavy atom. The highest BCUT2D eigenvalue weighted by Crippen LogP contribution is 2.28. The smallest absolute Gasteiger partial charge is 0.261 e. The molecule has 0 aliphatic heterocycles. The fourth-order valence-electron chi connectivity index (χ4n) is 1.74. The van der Waals surface area contributed by atoms with Gasteiger partial charge in [-0.25, -0.2) is 17.2 Å². The molecule has 0 aliphatic rings. The molecule has 0 bridgehead atoms. The van der Waals surface area contributed by atoms with E-state index in [4.69, 9.17) is 17.3 Å². The quantitative estimate of drug-likeness (QED) is 0.847. The second-order valence-electron chi connectivity index (χ2n) is 4.41. The van der Waals surface area contributed by atoms with Gasteiger partial charge in [0.25, 0.3) is 10.0 Å². The Morgan fingerprint density at radius 3 is 2.19 bits per heavy atom. The summed E-state index contributed by atoms with van der Waals surface area (Å²) in [6, 6.07) is 4.87. The molecule has 0 unspecified atom stereocenters. The number of aryl methyl sites for hydroxylation is 1. The molecule has 0 spiro atoms. The van der Waals surface area contributed by atoms with Gasteiger partial charge in [-0.3, -0.25) is 4.72 Å². The maximum absolute atomic E-state index is 13.1. The molecule has 0 radical (unpaired) electrons. The van der Waals surface area contributed by atoms with Gasteiger partial charge in [0.05, 0.1) is 21.3 Å². The van der Waals surface area contributed by atoms with Crippen molar-refractivity contribution >= 4 is 33.0 Å². The van der Waals surface area contributed by atoms with Gasteiger partial charge >= 0.3 is 0 Å². The summed E-state index contributed by atoms with van der Waals surface area (Å²) in [6.45, 7) is 1.60. The first-order valence-electron chi connectivity index (χ1n) is 5.73. The van der Waals surface area contributed by atoms with Gasteiger partial charge in [0.2, 0.25) is 0 Å². The van der Waals surface area contributed by atoms with Crippen molar-refractivity contribution in [1.29, 1.82) is 0 Å². The molecule has 2 rings (SSSR count). The van der Waals surface area contributed by atoms with Crippen molar-refractivity contribution in [3.63, 3.8) is 0 Å². The average Bonchev–Trinajstić information content (AvgIpc) is 2.33. The average molecular weight is 333 g/mol. The number of anilines is 2. The Balaban J connectivity index is 2.43. The molecular weight excluding hydrogens is 322 g/mol. The van der Waals surface area contributed by atoms with E-state index in [2.05, 4.69) is 4.72 Å². The van der Waals surface area contributed by atoms with Crippen LogP contribution in [0.15, 0.2) is 35.2 Å². The molecule has 2 aromatic carbocycles. The molecule has 3 N–H and O–H groups in total. The fraction of sp³-hybridized carbons (Fsp3) is 0.0769. The molecule has 0 fully saturated rings. The van der Waals surface area contributed by atoms with Gasteiger partial charge in [0, 0.05) is 6.07 Å². The summed E-state index contributed by atoms with van der Waals surface area (Å²) in [6.07, 6.45) is 0. The molecule has 8 heteroatoms. The minimum Gasteiger partial charge on any atom is -0.397 e. The van der Waals surface area contributed by atoms with Crippen LogP contribution in [0.4, 0.5) is 20.2 Å². The van der Waals surface area contributed by atoms with Gasteiger partial charge in [0.15, 0.2) is 0 Å². The first kappa shape index (κ1) is 15.5. The van der Waals surface area contributed by atoms with Crippen molar-refractivity contribution in [2.45, 2.75) is 11.8 Å². The molecule has 2 aromatic rings. The maximum Gasteiger partial charge on any atom is 0.261 e. The summed E-state index contributed by atoms with van der Waals surface area (Å²) in [5, 5.41) is 0.255. The van der Waals surface area contributed by atoms with E-state index < -0.39 is 21.7 Å². The van der Waals surface area contributed by atoms with E-state index in [1.54, 1.807) is 6.92 Å². The Hall–Kier alpha value is -1.86. The highest BCUT2D eigenvalue weighted by molar-refractivity contribution is 7.92. The lowest BCUT2D eigenvalue weighted by Crippen LogP contribution is -2.14. The zero-order valence-corrected chi connectivity index (χ0v) is 12.4. The summed E-state index contributed by atoms with van der Waals surface area (Å²) in [4.78, 5) is -0.147. The summed E-state index contributed by atoms with van der Waals surface area (Å²) in [7, 11) is -4.03. The number of nitrogens with one attached hydrogen (secondary N) is 1. The van der Waals surface area contributed by atoms with Crippen LogP contribution in [-0.4, -0.2) is 8.42 Å². The van der Waals surface area contributed by atoms with E-state index in [9.17, 15) is 17.2 Å². The fourth-order valence-corrected chi connectivity index (χ4v) is 3.01. The third-order valence-corrected chi connectivity index (χ3v) is 4.56. The largest absolute Gasteiger partial charge is 0.397 e. The minimum atomic E-state index is -4.03. The van der Waals surface area contributed by atoms with Crippen LogP contribution in [0.3, 0.4) is 0 Å². The zero-order chi connectivity index (χ0) is 15.8. The molecule has 4 nitrogen and oxygen atoms in total. The number of halogens is 3. The number of hydrogen-bond acceptors (Lipinski definition) is 3. The standard InChI is InChI=1S/C13H11ClF2N2O2S/c1-7-2-11(6-12(17)13(7)14)21(19,20)18-10-4-8(15)3-9(16)5-10/h2-6,18H,17H2,1H3. The van der Waals surface area contributed by atoms with Crippen LogP contribution in [0.25, 0.3) is 0 Å². The molecule has 0 heterocycles. The summed E-state index contributed by atoms with van der Waals surface area (Å²) in [5.74, 6) is -1.78. The first-order chi connectivity index (χ1) is 9.69. The van der Waals surface area contributed by atoms with Crippen LogP contribution in [0.5, 0.6) is 0 Å². The molecule has 0 aliphatic carbocycles. The third-order valence-electron chi connectivity index (χ3n) is 2.68. The van der Waals surface area contributed by atoms with Gasteiger partial charge in [-0.1, -0.05) is 11.6 Å². The molecule has 112 valence electrons. The van der Waals surface area contributed by atoms with Gasteiger partial charge < -0.3 is 5.73 Å². The van der Waals surface area contributed by atoms with Crippen LogP contribution < -0.4 is 10.5 Å². The van der Waals surface area contributed by atoms with Crippen molar-refractivity contribution in [2.75, 3.05) is 10.5 Å². The van der Waals surface area contributed by atoms with Crippen LogP contribution >= 0.6 is 11.6 Å². The monoisotopic (exact) mass is 332 g/mol. The van der Waals surface area contributed by atoms with Crippen LogP contribution in [0, 0.1) is 18.6 Å². The van der Waals surface area contributed by atoms with Crippen molar-refractivity contribution in [3.05, 3.63) is 52.6 Å². The lowest BCUT2D eigenvalue weighted by molar-refractivity contribution is 0.584. The molecule has 0 saturated carbocycles. The molecule has 0 amide bonds. The second-order valence-corrected chi connectivity index (χ2v) is 6.47. The Kier molecular flexibility index (Phi) is 4.06. The van der Waals surface area contributed by atoms with Crippen LogP contribution in [-0.2, 0) is 10.0 Å². The number of sulfonamides is 1. The highest BCUT2D eigenvalue weighted by Gasteiger charge is 2.17. The minimum absolute atomic E-state index is 0.0995. The van der Waals surface area contributed by atoms with Gasteiger partial charge in [-0.15, -0.1) is 0 Å². The molecule has 0 aromatic heterocycles. The predicted molar refractivity (Wildman–Crippen MR) is 77.8 cm³/mol. The first-order valence-corrected chi connectivity index (χ1v) is 7.60. The van der Waals surface area contributed by atoms with Gasteiger partial charge in [-0.2, -0.15) is 0 Å². The number of rotatable bonds is 3. The number of hydrogen-bond donors (Lipinski definition) is 2. The lowest BCUT2D eigenvalue weighted by atomic mass is 10.2. The van der Waals surface area contributed by atoms with E-state index in [-0.39, 0.29) is 21.3 Å². The van der Waals surface area contributed by atoms with E-state index in [1.165, 1.54) is 12.1 Å². The zero-order valence-electron chi connectivity index (χ0n) is 10.8. The number of benzene rings is 2. The van der Waals surface area contributed by atoms with E-state index in [0.717, 1.165) is 12.1 Å².